The van der Waals surface area contributed by atoms with E-state index in [1.165, 1.54) is 0 Å². The fourth-order valence-electron chi connectivity index (χ4n) is 3.17. The summed E-state index contributed by atoms with van der Waals surface area (Å²) in [6, 6.07) is 22.8. The van der Waals surface area contributed by atoms with E-state index in [0.29, 0.717) is 23.6 Å². The van der Waals surface area contributed by atoms with Crippen LogP contribution in [-0.2, 0) is 27.7 Å². The molecule has 3 aromatic carbocycles. The van der Waals surface area contributed by atoms with Crippen LogP contribution in [-0.4, -0.2) is 26.1 Å². The van der Waals surface area contributed by atoms with Gasteiger partial charge in [-0.15, -0.1) is 0 Å². The van der Waals surface area contributed by atoms with Crippen LogP contribution < -0.4 is 9.46 Å². The largest absolute Gasteiger partial charge is 0.493 e. The van der Waals surface area contributed by atoms with Crippen LogP contribution in [0.1, 0.15) is 24.0 Å². The van der Waals surface area contributed by atoms with E-state index >= 15 is 0 Å². The molecule has 0 aliphatic rings. The summed E-state index contributed by atoms with van der Waals surface area (Å²) in [5, 5.41) is 8.99. The van der Waals surface area contributed by atoms with Gasteiger partial charge in [0.1, 0.15) is 5.75 Å². The second kappa shape index (κ2) is 10.6. The number of benzene rings is 3. The predicted octanol–water partition coefficient (Wildman–Crippen LogP) is 4.52. The molecule has 31 heavy (non-hydrogen) atoms. The van der Waals surface area contributed by atoms with Gasteiger partial charge in [0.2, 0.25) is 0 Å². The van der Waals surface area contributed by atoms with Gasteiger partial charge in [-0.05, 0) is 55.2 Å². The number of para-hydroxylation sites is 1. The van der Waals surface area contributed by atoms with Crippen molar-refractivity contribution in [3.8, 4) is 5.75 Å². The highest BCUT2D eigenvalue weighted by Crippen LogP contribution is 2.20. The van der Waals surface area contributed by atoms with Crippen LogP contribution in [0.4, 0.5) is 5.69 Å². The Hall–Kier alpha value is -3.32. The third-order valence-corrected chi connectivity index (χ3v) is 6.06. The van der Waals surface area contributed by atoms with Gasteiger partial charge in [-0.3, -0.25) is 9.52 Å². The molecule has 0 bridgehead atoms. The van der Waals surface area contributed by atoms with Gasteiger partial charge in [0.15, 0.2) is 0 Å². The molecule has 3 aromatic rings. The number of nitrogens with one attached hydrogen (secondary N) is 1. The molecule has 0 unspecified atom stereocenters. The molecule has 0 aliphatic carbocycles. The molecular weight excluding hydrogens is 414 g/mol. The van der Waals surface area contributed by atoms with Crippen LogP contribution in [0.25, 0.3) is 0 Å². The number of carbonyl (C=O) groups is 1. The molecule has 0 fully saturated rings. The van der Waals surface area contributed by atoms with Crippen LogP contribution >= 0.6 is 0 Å². The summed E-state index contributed by atoms with van der Waals surface area (Å²) >= 11 is 0. The van der Waals surface area contributed by atoms with Gasteiger partial charge < -0.3 is 9.84 Å². The zero-order valence-corrected chi connectivity index (χ0v) is 17.8. The summed E-state index contributed by atoms with van der Waals surface area (Å²) in [4.78, 5) is 11.2. The van der Waals surface area contributed by atoms with Crippen molar-refractivity contribution in [2.45, 2.75) is 30.6 Å². The van der Waals surface area contributed by atoms with E-state index < -0.39 is 16.0 Å². The predicted molar refractivity (Wildman–Crippen MR) is 120 cm³/mol. The van der Waals surface area contributed by atoms with Crippen LogP contribution in [0.3, 0.4) is 0 Å². The Morgan fingerprint density at radius 3 is 2.42 bits per heavy atom. The topological polar surface area (TPSA) is 92.7 Å². The first-order chi connectivity index (χ1) is 14.9. The van der Waals surface area contributed by atoms with Gasteiger partial charge in [-0.25, -0.2) is 8.42 Å². The van der Waals surface area contributed by atoms with Crippen LogP contribution in [0.15, 0.2) is 83.8 Å². The number of hydrogen-bond donors (Lipinski definition) is 2. The number of rotatable bonds is 11. The molecule has 3 rings (SSSR count). The number of sulfonamides is 1. The van der Waals surface area contributed by atoms with E-state index in [4.69, 9.17) is 9.84 Å². The van der Waals surface area contributed by atoms with E-state index in [9.17, 15) is 13.2 Å². The molecule has 0 aliphatic heterocycles. The lowest BCUT2D eigenvalue weighted by Gasteiger charge is -2.11. The standard InChI is InChI=1S/C24H25NO5S/c26-24(27)18-20-11-4-5-15-23(20)30-16-7-6-9-19-10-8-12-21(17-19)25-31(28,29)22-13-2-1-3-14-22/h1-5,8,10-15,17,25H,6-7,9,16,18H2,(H,26,27). The highest BCUT2D eigenvalue weighted by molar-refractivity contribution is 7.92. The maximum Gasteiger partial charge on any atom is 0.307 e. The molecule has 0 aromatic heterocycles. The van der Waals surface area contributed by atoms with Gasteiger partial charge >= 0.3 is 5.97 Å². The Morgan fingerprint density at radius 1 is 0.903 bits per heavy atom. The third-order valence-electron chi connectivity index (χ3n) is 4.66. The summed E-state index contributed by atoms with van der Waals surface area (Å²) in [6.07, 6.45) is 2.36. The van der Waals surface area contributed by atoms with Gasteiger partial charge in [-0.2, -0.15) is 0 Å². The fraction of sp³-hybridized carbons (Fsp3) is 0.208. The van der Waals surface area contributed by atoms with Crippen molar-refractivity contribution < 1.29 is 23.1 Å². The van der Waals surface area contributed by atoms with Gasteiger partial charge in [0.25, 0.3) is 10.0 Å². The number of anilines is 1. The minimum Gasteiger partial charge on any atom is -0.493 e. The number of hydrogen-bond acceptors (Lipinski definition) is 4. The monoisotopic (exact) mass is 439 g/mol. The van der Waals surface area contributed by atoms with Crippen molar-refractivity contribution in [2.24, 2.45) is 0 Å². The van der Waals surface area contributed by atoms with E-state index in [0.717, 1.165) is 24.8 Å². The normalized spacial score (nSPS) is 11.1. The number of aliphatic carboxylic acids is 1. The average molecular weight is 440 g/mol. The Labute approximate surface area is 182 Å². The minimum absolute atomic E-state index is 0.0676. The van der Waals surface area contributed by atoms with E-state index in [1.54, 1.807) is 54.6 Å². The number of aryl methyl sites for hydroxylation is 1. The molecule has 0 saturated heterocycles. The molecule has 0 atom stereocenters. The lowest BCUT2D eigenvalue weighted by Crippen LogP contribution is -2.12. The van der Waals surface area contributed by atoms with Crippen molar-refractivity contribution in [1.82, 2.24) is 0 Å². The first-order valence-corrected chi connectivity index (χ1v) is 11.5. The molecule has 0 heterocycles. The molecule has 7 heteroatoms. The zero-order valence-electron chi connectivity index (χ0n) is 17.0. The molecule has 0 amide bonds. The SMILES string of the molecule is O=C(O)Cc1ccccc1OCCCCc1cccc(NS(=O)(=O)c2ccccc2)c1. The quantitative estimate of drug-likeness (QED) is 0.429. The lowest BCUT2D eigenvalue weighted by molar-refractivity contribution is -0.136. The average Bonchev–Trinajstić information content (AvgIpc) is 2.75. The number of carboxylic acid groups (broad SMARTS) is 1. The molecule has 0 spiro atoms. The van der Waals surface area contributed by atoms with Crippen LogP contribution in [0.2, 0.25) is 0 Å². The zero-order chi connectivity index (χ0) is 22.1. The van der Waals surface area contributed by atoms with Crippen molar-refractivity contribution in [1.29, 1.82) is 0 Å². The van der Waals surface area contributed by atoms with Crippen molar-refractivity contribution in [3.05, 3.63) is 90.0 Å². The maximum absolute atomic E-state index is 12.5. The maximum atomic E-state index is 12.5. The lowest BCUT2D eigenvalue weighted by atomic mass is 10.1. The summed E-state index contributed by atoms with van der Waals surface area (Å²) in [5.74, 6) is -0.291. The summed E-state index contributed by atoms with van der Waals surface area (Å²) in [5.41, 5.74) is 2.22. The van der Waals surface area contributed by atoms with Crippen molar-refractivity contribution in [3.63, 3.8) is 0 Å². The molecule has 162 valence electrons. The molecular formula is C24H25NO5S. The van der Waals surface area contributed by atoms with E-state index in [1.807, 2.05) is 24.3 Å². The van der Waals surface area contributed by atoms with Crippen LogP contribution in [0, 0.1) is 0 Å². The Balaban J connectivity index is 1.50. The first-order valence-electron chi connectivity index (χ1n) is 10.0. The number of ether oxygens (including phenoxy) is 1. The number of carboxylic acids is 1. The summed E-state index contributed by atoms with van der Waals surface area (Å²) in [6.45, 7) is 0.483. The third kappa shape index (κ3) is 6.86. The van der Waals surface area contributed by atoms with E-state index in [-0.39, 0.29) is 11.3 Å². The highest BCUT2D eigenvalue weighted by Gasteiger charge is 2.13. The van der Waals surface area contributed by atoms with Crippen molar-refractivity contribution >= 4 is 21.7 Å². The van der Waals surface area contributed by atoms with Gasteiger partial charge in [0.05, 0.1) is 17.9 Å². The Bertz CT molecular complexity index is 1110. The summed E-state index contributed by atoms with van der Waals surface area (Å²) < 4.78 is 33.3. The van der Waals surface area contributed by atoms with Crippen LogP contribution in [0.5, 0.6) is 5.75 Å². The smallest absolute Gasteiger partial charge is 0.307 e. The molecule has 6 nitrogen and oxygen atoms in total. The highest BCUT2D eigenvalue weighted by atomic mass is 32.2. The molecule has 0 radical (unpaired) electrons. The second-order valence-electron chi connectivity index (χ2n) is 7.10. The van der Waals surface area contributed by atoms with E-state index in [2.05, 4.69) is 4.72 Å². The Kier molecular flexibility index (Phi) is 7.67. The molecule has 0 saturated carbocycles. The fourth-order valence-corrected chi connectivity index (χ4v) is 4.24. The molecule has 2 N–H and O–H groups in total. The second-order valence-corrected chi connectivity index (χ2v) is 8.79. The number of unbranched alkanes of at least 4 members (excludes halogenated alkanes) is 1. The van der Waals surface area contributed by atoms with Gasteiger partial charge in [-0.1, -0.05) is 48.5 Å². The summed E-state index contributed by atoms with van der Waals surface area (Å²) in [7, 11) is -3.61. The van der Waals surface area contributed by atoms with Crippen molar-refractivity contribution in [2.75, 3.05) is 11.3 Å². The van der Waals surface area contributed by atoms with Gasteiger partial charge in [0, 0.05) is 11.3 Å². The minimum atomic E-state index is -3.61. The Morgan fingerprint density at radius 2 is 1.65 bits per heavy atom. The first kappa shape index (κ1) is 22.4.